The summed E-state index contributed by atoms with van der Waals surface area (Å²) >= 11 is 0. The summed E-state index contributed by atoms with van der Waals surface area (Å²) in [6.45, 7) is 7.80. The zero-order valence-electron chi connectivity index (χ0n) is 12.7. The van der Waals surface area contributed by atoms with Gasteiger partial charge in [0.2, 0.25) is 0 Å². The van der Waals surface area contributed by atoms with Gasteiger partial charge in [-0.15, -0.1) is 0 Å². The number of halogens is 1. The van der Waals surface area contributed by atoms with Crippen LogP contribution in [0, 0.1) is 5.92 Å². The molecule has 1 nitrogen and oxygen atoms in total. The van der Waals surface area contributed by atoms with E-state index in [1.54, 1.807) is 19.3 Å². The second kappa shape index (κ2) is 5.88. The van der Waals surface area contributed by atoms with E-state index in [9.17, 15) is 4.11 Å². The molecule has 0 aliphatic heterocycles. The number of pyridine rings is 1. The average Bonchev–Trinajstić information content (AvgIpc) is 2.37. The second-order valence-electron chi connectivity index (χ2n) is 6.16. The van der Waals surface area contributed by atoms with E-state index in [4.69, 9.17) is 0 Å². The average molecular weight is 287 g/mol. The van der Waals surface area contributed by atoms with Crippen LogP contribution in [0.25, 0.3) is 11.3 Å². The first-order chi connectivity index (χ1) is 9.38. The van der Waals surface area contributed by atoms with Gasteiger partial charge in [0, 0.05) is 11.8 Å². The first kappa shape index (κ1) is 14.9. The summed E-state index contributed by atoms with van der Waals surface area (Å²) in [7, 11) is -2.83. The number of hydrogen-bond donors (Lipinski definition) is 0. The van der Waals surface area contributed by atoms with Crippen LogP contribution >= 0.6 is 0 Å². The molecule has 1 heterocycles. The van der Waals surface area contributed by atoms with E-state index < -0.39 is 8.41 Å². The van der Waals surface area contributed by atoms with E-state index in [1.165, 1.54) is 0 Å². The first-order valence-corrected chi connectivity index (χ1v) is 9.99. The van der Waals surface area contributed by atoms with Gasteiger partial charge < -0.3 is 4.11 Å². The molecule has 0 bridgehead atoms. The van der Waals surface area contributed by atoms with E-state index in [0.717, 1.165) is 28.4 Å². The van der Waals surface area contributed by atoms with Crippen LogP contribution < -0.4 is 5.19 Å². The SMILES string of the molecule is CC(C)Cc1cc(-c2ccccc2)ncc1[Si](C)(C)F. The van der Waals surface area contributed by atoms with Gasteiger partial charge in [-0.3, -0.25) is 4.98 Å². The largest absolute Gasteiger partial charge is 0.308 e. The Morgan fingerprint density at radius 3 is 2.35 bits per heavy atom. The van der Waals surface area contributed by atoms with Gasteiger partial charge in [-0.25, -0.2) is 0 Å². The van der Waals surface area contributed by atoms with Crippen molar-refractivity contribution in [3.8, 4) is 11.3 Å². The molecular weight excluding hydrogens is 265 g/mol. The monoisotopic (exact) mass is 287 g/mol. The van der Waals surface area contributed by atoms with Crippen LogP contribution in [0.4, 0.5) is 4.11 Å². The molecule has 1 aromatic carbocycles. The molecule has 0 aliphatic carbocycles. The van der Waals surface area contributed by atoms with Gasteiger partial charge in [0.1, 0.15) is 0 Å². The molecule has 106 valence electrons. The molecule has 3 heteroatoms. The fraction of sp³-hybridized carbons (Fsp3) is 0.353. The van der Waals surface area contributed by atoms with Crippen LogP contribution in [0.5, 0.6) is 0 Å². The van der Waals surface area contributed by atoms with Gasteiger partial charge >= 0.3 is 0 Å². The zero-order chi connectivity index (χ0) is 14.8. The summed E-state index contributed by atoms with van der Waals surface area (Å²) in [6.07, 6.45) is 2.66. The normalized spacial score (nSPS) is 11.9. The standard InChI is InChI=1S/C17H22FNSi/c1-13(2)10-15-11-16(14-8-6-5-7-9-14)19-12-17(15)20(3,4)18/h5-9,11-13H,10H2,1-4H3. The predicted molar refractivity (Wildman–Crippen MR) is 86.4 cm³/mol. The Morgan fingerprint density at radius 2 is 1.80 bits per heavy atom. The van der Waals surface area contributed by atoms with E-state index in [-0.39, 0.29) is 0 Å². The lowest BCUT2D eigenvalue weighted by Crippen LogP contribution is -2.39. The van der Waals surface area contributed by atoms with Crippen LogP contribution in [0.15, 0.2) is 42.6 Å². The Morgan fingerprint density at radius 1 is 1.15 bits per heavy atom. The smallest absolute Gasteiger partial charge is 0.273 e. The maximum Gasteiger partial charge on any atom is 0.273 e. The lowest BCUT2D eigenvalue weighted by atomic mass is 10.0. The van der Waals surface area contributed by atoms with Gasteiger partial charge in [0.25, 0.3) is 8.41 Å². The molecular formula is C17H22FNSi. The van der Waals surface area contributed by atoms with Crippen molar-refractivity contribution < 1.29 is 4.11 Å². The van der Waals surface area contributed by atoms with Gasteiger partial charge in [-0.05, 0) is 42.2 Å². The van der Waals surface area contributed by atoms with Crippen molar-refractivity contribution in [3.63, 3.8) is 0 Å². The summed E-state index contributed by atoms with van der Waals surface area (Å²) in [5.74, 6) is 0.510. The van der Waals surface area contributed by atoms with Gasteiger partial charge in [-0.2, -0.15) is 0 Å². The van der Waals surface area contributed by atoms with Crippen LogP contribution in [0.3, 0.4) is 0 Å². The quantitative estimate of drug-likeness (QED) is 0.602. The molecule has 2 aromatic rings. The number of aromatic nitrogens is 1. The maximum atomic E-state index is 14.5. The number of benzene rings is 1. The van der Waals surface area contributed by atoms with Crippen LogP contribution in [-0.2, 0) is 6.42 Å². The molecule has 0 N–H and O–H groups in total. The van der Waals surface area contributed by atoms with E-state index in [2.05, 4.69) is 24.9 Å². The molecule has 0 saturated carbocycles. The summed E-state index contributed by atoms with van der Waals surface area (Å²) < 4.78 is 14.5. The fourth-order valence-corrected chi connectivity index (χ4v) is 3.72. The Labute approximate surface area is 122 Å². The summed E-state index contributed by atoms with van der Waals surface area (Å²) in [5, 5.41) is 0.839. The third-order valence-electron chi connectivity index (χ3n) is 3.33. The molecule has 0 aliphatic rings. The third kappa shape index (κ3) is 3.54. The minimum absolute atomic E-state index is 0.510. The Bertz CT molecular complexity index is 573. The third-order valence-corrected chi connectivity index (χ3v) is 5.06. The van der Waals surface area contributed by atoms with Crippen molar-refractivity contribution in [3.05, 3.63) is 48.2 Å². The lowest BCUT2D eigenvalue weighted by Gasteiger charge is -2.18. The van der Waals surface area contributed by atoms with Gasteiger partial charge in [0.15, 0.2) is 0 Å². The van der Waals surface area contributed by atoms with Crippen LogP contribution in [0.1, 0.15) is 19.4 Å². The van der Waals surface area contributed by atoms with Crippen molar-refractivity contribution in [2.75, 3.05) is 0 Å². The molecule has 0 unspecified atom stereocenters. The molecule has 0 saturated heterocycles. The molecule has 0 radical (unpaired) electrons. The van der Waals surface area contributed by atoms with Crippen molar-refractivity contribution in [1.29, 1.82) is 0 Å². The number of nitrogens with zero attached hydrogens (tertiary/aromatic N) is 1. The Kier molecular flexibility index (Phi) is 4.38. The van der Waals surface area contributed by atoms with Gasteiger partial charge in [0.05, 0.1) is 5.69 Å². The van der Waals surface area contributed by atoms with Crippen molar-refractivity contribution >= 4 is 13.6 Å². The number of hydrogen-bond acceptors (Lipinski definition) is 1. The molecule has 1 aromatic heterocycles. The highest BCUT2D eigenvalue weighted by Gasteiger charge is 2.27. The Balaban J connectivity index is 2.49. The second-order valence-corrected chi connectivity index (χ2v) is 9.65. The van der Waals surface area contributed by atoms with Crippen molar-refractivity contribution in [2.45, 2.75) is 33.4 Å². The lowest BCUT2D eigenvalue weighted by molar-refractivity contribution is 0.648. The Hall–Kier alpha value is -1.48. The molecule has 0 spiro atoms. The number of rotatable bonds is 4. The zero-order valence-corrected chi connectivity index (χ0v) is 13.7. The minimum atomic E-state index is -2.83. The molecule has 0 fully saturated rings. The minimum Gasteiger partial charge on any atom is -0.308 e. The highest BCUT2D eigenvalue weighted by atomic mass is 28.4. The van der Waals surface area contributed by atoms with Crippen LogP contribution in [0.2, 0.25) is 13.1 Å². The van der Waals surface area contributed by atoms with Crippen molar-refractivity contribution in [1.82, 2.24) is 4.98 Å². The molecule has 2 rings (SSSR count). The van der Waals surface area contributed by atoms with E-state index >= 15 is 0 Å². The highest BCUT2D eigenvalue weighted by molar-refractivity contribution is 6.84. The fourth-order valence-electron chi connectivity index (χ4n) is 2.41. The maximum absolute atomic E-state index is 14.5. The topological polar surface area (TPSA) is 12.9 Å². The van der Waals surface area contributed by atoms with E-state index in [0.29, 0.717) is 5.92 Å². The van der Waals surface area contributed by atoms with Crippen LogP contribution in [-0.4, -0.2) is 13.4 Å². The molecule has 20 heavy (non-hydrogen) atoms. The van der Waals surface area contributed by atoms with Crippen molar-refractivity contribution in [2.24, 2.45) is 5.92 Å². The highest BCUT2D eigenvalue weighted by Crippen LogP contribution is 2.20. The summed E-state index contributed by atoms with van der Waals surface area (Å²) in [4.78, 5) is 4.48. The molecule has 0 atom stereocenters. The first-order valence-electron chi connectivity index (χ1n) is 7.11. The predicted octanol–water partition coefficient (Wildman–Crippen LogP) is 4.33. The summed E-state index contributed by atoms with van der Waals surface area (Å²) in [6, 6.07) is 12.1. The van der Waals surface area contributed by atoms with Gasteiger partial charge in [-0.1, -0.05) is 44.2 Å². The molecule has 0 amide bonds. The summed E-state index contributed by atoms with van der Waals surface area (Å²) in [5.41, 5.74) is 3.14. The van der Waals surface area contributed by atoms with E-state index in [1.807, 2.05) is 30.3 Å².